The van der Waals surface area contributed by atoms with Crippen molar-refractivity contribution in [2.75, 3.05) is 12.3 Å². The highest BCUT2D eigenvalue weighted by Crippen LogP contribution is 2.45. The highest BCUT2D eigenvalue weighted by atomic mass is 35.5. The van der Waals surface area contributed by atoms with Crippen LogP contribution in [0.3, 0.4) is 0 Å². The topological polar surface area (TPSA) is 93.9 Å². The third kappa shape index (κ3) is 3.30. The minimum atomic E-state index is -0.430. The summed E-state index contributed by atoms with van der Waals surface area (Å²) >= 11 is 7.56. The zero-order valence-electron chi connectivity index (χ0n) is 17.4. The van der Waals surface area contributed by atoms with Gasteiger partial charge in [-0.3, -0.25) is 0 Å². The number of aromatic amines is 1. The quantitative estimate of drug-likeness (QED) is 0.309. The Morgan fingerprint density at radius 1 is 1.16 bits per heavy atom. The van der Waals surface area contributed by atoms with Crippen LogP contribution >= 0.6 is 22.9 Å². The summed E-state index contributed by atoms with van der Waals surface area (Å²) in [7, 11) is 0. The van der Waals surface area contributed by atoms with Gasteiger partial charge in [-0.15, -0.1) is 11.3 Å². The number of aromatic nitrogens is 3. The average molecular weight is 463 g/mol. The molecule has 5 aromatic rings. The number of anilines is 1. The number of nitrogens with one attached hydrogen (secondary N) is 1. The molecule has 0 bridgehead atoms. The molecule has 3 heterocycles. The van der Waals surface area contributed by atoms with E-state index < -0.39 is 5.97 Å². The van der Waals surface area contributed by atoms with E-state index in [1.165, 1.54) is 11.3 Å². The lowest BCUT2D eigenvalue weighted by molar-refractivity contribution is 0.0526. The van der Waals surface area contributed by atoms with Crippen LogP contribution in [-0.4, -0.2) is 27.5 Å². The number of nitrogens with zero attached hydrogens (tertiary/aromatic N) is 2. The number of benzene rings is 2. The molecule has 2 aromatic carbocycles. The van der Waals surface area contributed by atoms with E-state index in [-0.39, 0.29) is 6.61 Å². The molecule has 0 aliphatic rings. The molecule has 3 N–H and O–H groups in total. The number of fused-ring (bicyclic) bond motifs is 2. The predicted octanol–water partition coefficient (Wildman–Crippen LogP) is 6.23. The fourth-order valence-electron chi connectivity index (χ4n) is 3.86. The van der Waals surface area contributed by atoms with Gasteiger partial charge < -0.3 is 15.5 Å². The number of hydrogen-bond acceptors (Lipinski definition) is 6. The summed E-state index contributed by atoms with van der Waals surface area (Å²) in [6.45, 7) is 3.85. The number of imidazole rings is 1. The Kier molecular flexibility index (Phi) is 5.07. The van der Waals surface area contributed by atoms with Crippen molar-refractivity contribution in [3.8, 4) is 21.8 Å². The van der Waals surface area contributed by atoms with Crippen molar-refractivity contribution in [3.63, 3.8) is 0 Å². The Bertz CT molecular complexity index is 1450. The lowest BCUT2D eigenvalue weighted by Crippen LogP contribution is -2.10. The molecule has 8 heteroatoms. The van der Waals surface area contributed by atoms with Gasteiger partial charge in [0.05, 0.1) is 39.5 Å². The predicted molar refractivity (Wildman–Crippen MR) is 130 cm³/mol. The number of ether oxygens (including phenoxy) is 1. The van der Waals surface area contributed by atoms with Crippen LogP contribution in [0, 0.1) is 6.92 Å². The van der Waals surface area contributed by atoms with Gasteiger partial charge in [0.2, 0.25) is 0 Å². The first kappa shape index (κ1) is 20.5. The monoisotopic (exact) mass is 462 g/mol. The number of aryl methyl sites for hydroxylation is 1. The third-order valence-corrected chi connectivity index (χ3v) is 6.63. The maximum Gasteiger partial charge on any atom is 0.340 e. The number of halogens is 1. The van der Waals surface area contributed by atoms with Crippen LogP contribution in [-0.2, 0) is 4.74 Å². The lowest BCUT2D eigenvalue weighted by Gasteiger charge is -2.14. The lowest BCUT2D eigenvalue weighted by atomic mass is 9.95. The van der Waals surface area contributed by atoms with Crippen LogP contribution in [0.5, 0.6) is 0 Å². The second kappa shape index (κ2) is 7.93. The summed E-state index contributed by atoms with van der Waals surface area (Å²) in [6.07, 6.45) is 0. The van der Waals surface area contributed by atoms with Gasteiger partial charge in [0.25, 0.3) is 0 Å². The van der Waals surface area contributed by atoms with Crippen molar-refractivity contribution in [2.45, 2.75) is 13.8 Å². The maximum atomic E-state index is 12.9. The van der Waals surface area contributed by atoms with Crippen molar-refractivity contribution >= 4 is 55.8 Å². The molecule has 0 saturated carbocycles. The van der Waals surface area contributed by atoms with Gasteiger partial charge in [-0.2, -0.15) is 0 Å². The first-order valence-corrected chi connectivity index (χ1v) is 11.3. The van der Waals surface area contributed by atoms with Gasteiger partial charge >= 0.3 is 5.97 Å². The summed E-state index contributed by atoms with van der Waals surface area (Å²) in [5, 5.41) is 1.32. The van der Waals surface area contributed by atoms with E-state index in [1.54, 1.807) is 19.1 Å². The molecule has 0 fully saturated rings. The standard InChI is InChI=1S/C24H19ClN4O2S/c1-3-31-24(30)17-12(2)27-23-19(18(17)13-8-10-14(25)11-9-13)20(26)21(32-23)22-28-15-6-4-5-7-16(15)29-22/h4-11H,3,26H2,1-2H3,(H,28,29). The van der Waals surface area contributed by atoms with E-state index in [1.807, 2.05) is 43.3 Å². The van der Waals surface area contributed by atoms with Crippen molar-refractivity contribution in [2.24, 2.45) is 0 Å². The first-order valence-electron chi connectivity index (χ1n) is 10.1. The zero-order valence-corrected chi connectivity index (χ0v) is 19.0. The fraction of sp³-hybridized carbons (Fsp3) is 0.125. The summed E-state index contributed by atoms with van der Waals surface area (Å²) in [5.41, 5.74) is 11.5. The van der Waals surface area contributed by atoms with E-state index in [4.69, 9.17) is 32.0 Å². The third-order valence-electron chi connectivity index (χ3n) is 5.27. The Morgan fingerprint density at radius 3 is 2.62 bits per heavy atom. The zero-order chi connectivity index (χ0) is 22.4. The van der Waals surface area contributed by atoms with Gasteiger partial charge in [0.1, 0.15) is 4.83 Å². The molecule has 3 aromatic heterocycles. The molecular formula is C24H19ClN4O2S. The Morgan fingerprint density at radius 2 is 1.91 bits per heavy atom. The molecule has 5 rings (SSSR count). The number of nitrogen functional groups attached to an aromatic ring is 1. The minimum absolute atomic E-state index is 0.264. The summed E-state index contributed by atoms with van der Waals surface area (Å²) in [5.74, 6) is 0.240. The number of carbonyl (C=O) groups excluding carboxylic acids is 1. The average Bonchev–Trinajstić information content (AvgIpc) is 3.34. The van der Waals surface area contributed by atoms with Crippen LogP contribution in [0.1, 0.15) is 23.0 Å². The Labute approximate surface area is 193 Å². The molecule has 160 valence electrons. The summed E-state index contributed by atoms with van der Waals surface area (Å²) in [6, 6.07) is 15.1. The Balaban J connectivity index is 1.83. The van der Waals surface area contributed by atoms with Gasteiger partial charge in [-0.25, -0.2) is 14.8 Å². The van der Waals surface area contributed by atoms with Gasteiger partial charge in [-0.05, 0) is 43.7 Å². The van der Waals surface area contributed by atoms with E-state index >= 15 is 0 Å². The van der Waals surface area contributed by atoms with Gasteiger partial charge in [0, 0.05) is 16.0 Å². The number of carbonyl (C=O) groups is 1. The van der Waals surface area contributed by atoms with Gasteiger partial charge in [-0.1, -0.05) is 35.9 Å². The highest BCUT2D eigenvalue weighted by Gasteiger charge is 2.26. The molecule has 0 aliphatic carbocycles. The SMILES string of the molecule is CCOC(=O)c1c(C)nc2sc(-c3nc4ccccc4[nH]3)c(N)c2c1-c1ccc(Cl)cc1. The number of H-pyrrole nitrogens is 1. The molecule has 0 aliphatic heterocycles. The number of nitrogens with two attached hydrogens (primary N) is 1. The van der Waals surface area contributed by atoms with Crippen molar-refractivity contribution < 1.29 is 9.53 Å². The molecule has 0 spiro atoms. The number of esters is 1. The number of hydrogen-bond donors (Lipinski definition) is 2. The summed E-state index contributed by atoms with van der Waals surface area (Å²) in [4.78, 5) is 27.2. The summed E-state index contributed by atoms with van der Waals surface area (Å²) < 4.78 is 5.35. The van der Waals surface area contributed by atoms with E-state index in [2.05, 4.69) is 4.98 Å². The number of thiophene rings is 1. The van der Waals surface area contributed by atoms with Crippen LogP contribution in [0.25, 0.3) is 43.1 Å². The molecular weight excluding hydrogens is 444 g/mol. The van der Waals surface area contributed by atoms with Crippen LogP contribution in [0.15, 0.2) is 48.5 Å². The van der Waals surface area contributed by atoms with Crippen molar-refractivity contribution in [1.29, 1.82) is 0 Å². The van der Waals surface area contributed by atoms with Crippen LogP contribution < -0.4 is 5.73 Å². The van der Waals surface area contributed by atoms with Crippen LogP contribution in [0.4, 0.5) is 5.69 Å². The maximum absolute atomic E-state index is 12.9. The Hall–Kier alpha value is -3.42. The van der Waals surface area contributed by atoms with Crippen molar-refractivity contribution in [1.82, 2.24) is 15.0 Å². The van der Waals surface area contributed by atoms with E-state index in [0.29, 0.717) is 38.7 Å². The molecule has 6 nitrogen and oxygen atoms in total. The number of pyridine rings is 1. The molecule has 0 radical (unpaired) electrons. The van der Waals surface area contributed by atoms with E-state index in [9.17, 15) is 4.79 Å². The smallest absolute Gasteiger partial charge is 0.340 e. The second-order valence-corrected chi connectivity index (χ2v) is 8.74. The molecule has 0 unspecified atom stereocenters. The molecule has 32 heavy (non-hydrogen) atoms. The highest BCUT2D eigenvalue weighted by molar-refractivity contribution is 7.22. The second-order valence-electron chi connectivity index (χ2n) is 7.30. The normalized spacial score (nSPS) is 11.3. The molecule has 0 atom stereocenters. The van der Waals surface area contributed by atoms with Crippen molar-refractivity contribution in [3.05, 3.63) is 64.8 Å². The number of para-hydroxylation sites is 2. The minimum Gasteiger partial charge on any atom is -0.462 e. The first-order chi connectivity index (χ1) is 15.5. The largest absolute Gasteiger partial charge is 0.462 e. The van der Waals surface area contributed by atoms with E-state index in [0.717, 1.165) is 26.3 Å². The fourth-order valence-corrected chi connectivity index (χ4v) is 5.08. The molecule has 0 amide bonds. The van der Waals surface area contributed by atoms with Gasteiger partial charge in [0.15, 0.2) is 5.82 Å². The molecule has 0 saturated heterocycles. The van der Waals surface area contributed by atoms with Crippen LogP contribution in [0.2, 0.25) is 5.02 Å². The number of rotatable bonds is 4.